The van der Waals surface area contributed by atoms with E-state index in [9.17, 15) is 9.18 Å². The second-order valence-corrected chi connectivity index (χ2v) is 8.34. The molecule has 0 saturated carbocycles. The minimum absolute atomic E-state index is 0.0626. The lowest BCUT2D eigenvalue weighted by Gasteiger charge is -2.28. The average Bonchev–Trinajstić information content (AvgIpc) is 3.26. The molecule has 32 heavy (non-hydrogen) atoms. The number of ether oxygens (including phenoxy) is 2. The maximum Gasteiger partial charge on any atom is 0.232 e. The molecule has 4 rings (SSSR count). The number of thioether (sulfide) groups is 1. The predicted molar refractivity (Wildman–Crippen MR) is 122 cm³/mol. The number of para-hydroxylation sites is 2. The second-order valence-electron chi connectivity index (χ2n) is 7.39. The lowest BCUT2D eigenvalue weighted by molar-refractivity contribution is 0.101. The lowest BCUT2D eigenvalue weighted by Crippen LogP contribution is -2.31. The number of aromatic nitrogens is 3. The molecule has 0 amide bonds. The number of Topliss-reactive ketones (excluding diaryl/α,β-unsaturated/α-hetero) is 1. The van der Waals surface area contributed by atoms with Gasteiger partial charge in [0.05, 0.1) is 31.2 Å². The number of carbonyl (C=O) groups excluding carboxylic acids is 1. The third-order valence-corrected chi connectivity index (χ3v) is 6.30. The molecule has 1 aliphatic rings. The van der Waals surface area contributed by atoms with Gasteiger partial charge in [0, 0.05) is 13.1 Å². The number of carbonyl (C=O) groups is 1. The van der Waals surface area contributed by atoms with Gasteiger partial charge in [-0.05, 0) is 49.6 Å². The van der Waals surface area contributed by atoms with Crippen molar-refractivity contribution >= 4 is 23.5 Å². The largest absolute Gasteiger partial charge is 0.496 e. The van der Waals surface area contributed by atoms with Crippen molar-refractivity contribution in [3.05, 3.63) is 53.8 Å². The molecule has 1 fully saturated rings. The number of nitrogens with zero attached hydrogens (tertiary/aromatic N) is 4. The van der Waals surface area contributed by atoms with Crippen molar-refractivity contribution in [2.45, 2.75) is 24.4 Å². The van der Waals surface area contributed by atoms with Crippen molar-refractivity contribution in [2.24, 2.45) is 0 Å². The second kappa shape index (κ2) is 10.0. The van der Waals surface area contributed by atoms with Crippen molar-refractivity contribution in [3.8, 4) is 17.2 Å². The van der Waals surface area contributed by atoms with Crippen LogP contribution in [0.25, 0.3) is 5.69 Å². The van der Waals surface area contributed by atoms with E-state index in [0.29, 0.717) is 16.7 Å². The van der Waals surface area contributed by atoms with Gasteiger partial charge in [0.2, 0.25) is 5.95 Å². The molecule has 1 saturated heterocycles. The number of methoxy groups -OCH3 is 2. The zero-order valence-corrected chi connectivity index (χ0v) is 18.9. The molecule has 0 aliphatic carbocycles. The van der Waals surface area contributed by atoms with E-state index in [1.807, 2.05) is 28.8 Å². The monoisotopic (exact) mass is 456 g/mol. The van der Waals surface area contributed by atoms with E-state index >= 15 is 0 Å². The highest BCUT2D eigenvalue weighted by atomic mass is 32.2. The van der Waals surface area contributed by atoms with Crippen LogP contribution in [0.2, 0.25) is 0 Å². The number of hydrogen-bond acceptors (Lipinski definition) is 7. The molecule has 2 aromatic carbocycles. The van der Waals surface area contributed by atoms with Gasteiger partial charge in [0.1, 0.15) is 17.3 Å². The van der Waals surface area contributed by atoms with Crippen molar-refractivity contribution in [1.29, 1.82) is 0 Å². The van der Waals surface area contributed by atoms with E-state index in [4.69, 9.17) is 9.47 Å². The van der Waals surface area contributed by atoms with Gasteiger partial charge >= 0.3 is 0 Å². The highest BCUT2D eigenvalue weighted by molar-refractivity contribution is 7.99. The van der Waals surface area contributed by atoms with Gasteiger partial charge in [-0.1, -0.05) is 23.9 Å². The van der Waals surface area contributed by atoms with Gasteiger partial charge < -0.3 is 14.4 Å². The summed E-state index contributed by atoms with van der Waals surface area (Å²) in [4.78, 5) is 15.1. The number of hydrogen-bond donors (Lipinski definition) is 0. The van der Waals surface area contributed by atoms with Crippen LogP contribution in [0.5, 0.6) is 11.5 Å². The Morgan fingerprint density at radius 1 is 1.03 bits per heavy atom. The number of ketones is 1. The Hall–Kier alpha value is -3.07. The van der Waals surface area contributed by atoms with Gasteiger partial charge in [0.15, 0.2) is 10.9 Å². The van der Waals surface area contributed by atoms with Gasteiger partial charge in [-0.25, -0.2) is 4.39 Å². The first-order valence-corrected chi connectivity index (χ1v) is 11.4. The van der Waals surface area contributed by atoms with Crippen molar-refractivity contribution in [3.63, 3.8) is 0 Å². The summed E-state index contributed by atoms with van der Waals surface area (Å²) in [5.74, 6) is 1.09. The van der Waals surface area contributed by atoms with Crippen molar-refractivity contribution in [1.82, 2.24) is 14.8 Å². The van der Waals surface area contributed by atoms with Crippen LogP contribution in [-0.2, 0) is 0 Å². The molecule has 0 radical (unpaired) electrons. The van der Waals surface area contributed by atoms with E-state index in [2.05, 4.69) is 15.1 Å². The summed E-state index contributed by atoms with van der Waals surface area (Å²) in [7, 11) is 3.08. The summed E-state index contributed by atoms with van der Waals surface area (Å²) >= 11 is 1.25. The van der Waals surface area contributed by atoms with Gasteiger partial charge in [-0.15, -0.1) is 10.2 Å². The molecule has 0 unspecified atom stereocenters. The van der Waals surface area contributed by atoms with Gasteiger partial charge in [-0.2, -0.15) is 0 Å². The molecule has 0 N–H and O–H groups in total. The summed E-state index contributed by atoms with van der Waals surface area (Å²) < 4.78 is 26.5. The fourth-order valence-electron chi connectivity index (χ4n) is 3.79. The SMILES string of the molecule is COc1ccc(F)cc1C(=O)CSc1nnc(N2CCCCC2)n1-c1ccccc1OC. The highest BCUT2D eigenvalue weighted by Gasteiger charge is 2.24. The zero-order chi connectivity index (χ0) is 22.5. The zero-order valence-electron chi connectivity index (χ0n) is 18.1. The van der Waals surface area contributed by atoms with Crippen molar-refractivity contribution < 1.29 is 18.7 Å². The van der Waals surface area contributed by atoms with E-state index in [-0.39, 0.29) is 17.1 Å². The number of benzene rings is 2. The predicted octanol–water partition coefficient (Wildman–Crippen LogP) is 4.39. The van der Waals surface area contributed by atoms with Crippen LogP contribution in [0.1, 0.15) is 29.6 Å². The first-order chi connectivity index (χ1) is 15.6. The first kappa shape index (κ1) is 22.1. The number of piperidine rings is 1. The Morgan fingerprint density at radius 3 is 2.53 bits per heavy atom. The van der Waals surface area contributed by atoms with E-state index in [1.54, 1.807) is 7.11 Å². The maximum atomic E-state index is 13.7. The van der Waals surface area contributed by atoms with Crippen LogP contribution in [-0.4, -0.2) is 53.6 Å². The summed E-state index contributed by atoms with van der Waals surface area (Å²) in [6.45, 7) is 1.80. The number of halogens is 1. The Balaban J connectivity index is 1.66. The summed E-state index contributed by atoms with van der Waals surface area (Å²) in [6, 6.07) is 11.6. The maximum absolute atomic E-state index is 13.7. The fraction of sp³-hybridized carbons (Fsp3) is 0.348. The summed E-state index contributed by atoms with van der Waals surface area (Å²) in [6.07, 6.45) is 3.39. The minimum Gasteiger partial charge on any atom is -0.496 e. The lowest BCUT2D eigenvalue weighted by atomic mass is 10.1. The smallest absolute Gasteiger partial charge is 0.232 e. The fourth-order valence-corrected chi connectivity index (χ4v) is 4.61. The Kier molecular flexibility index (Phi) is 6.94. The van der Waals surface area contributed by atoms with E-state index in [0.717, 1.165) is 37.6 Å². The third-order valence-electron chi connectivity index (χ3n) is 5.38. The normalized spacial score (nSPS) is 13.8. The highest BCUT2D eigenvalue weighted by Crippen LogP contribution is 2.33. The molecule has 1 aromatic heterocycles. The summed E-state index contributed by atoms with van der Waals surface area (Å²) in [5, 5.41) is 9.42. The molecular weight excluding hydrogens is 431 g/mol. The molecule has 168 valence electrons. The molecule has 0 atom stereocenters. The van der Waals surface area contributed by atoms with Crippen LogP contribution in [0.3, 0.4) is 0 Å². The van der Waals surface area contributed by atoms with Crippen LogP contribution < -0.4 is 14.4 Å². The Morgan fingerprint density at radius 2 is 1.78 bits per heavy atom. The molecular formula is C23H25FN4O3S. The average molecular weight is 457 g/mol. The van der Waals surface area contributed by atoms with Crippen LogP contribution in [0.15, 0.2) is 47.6 Å². The molecule has 7 nitrogen and oxygen atoms in total. The standard InChI is InChI=1S/C23H25FN4O3S/c1-30-20-11-10-16(24)14-17(20)19(29)15-32-23-26-25-22(27-12-6-3-7-13-27)28(23)18-8-4-5-9-21(18)31-2/h4-5,8-11,14H,3,6-7,12-13,15H2,1-2H3. The topological polar surface area (TPSA) is 69.5 Å². The number of anilines is 1. The quantitative estimate of drug-likeness (QED) is 0.368. The molecule has 0 spiro atoms. The van der Waals surface area contributed by atoms with E-state index in [1.165, 1.54) is 43.5 Å². The molecule has 0 bridgehead atoms. The molecule has 3 aromatic rings. The van der Waals surface area contributed by atoms with Gasteiger partial charge in [0.25, 0.3) is 0 Å². The minimum atomic E-state index is -0.483. The number of rotatable bonds is 8. The molecule has 2 heterocycles. The van der Waals surface area contributed by atoms with Crippen LogP contribution >= 0.6 is 11.8 Å². The summed E-state index contributed by atoms with van der Waals surface area (Å²) in [5.41, 5.74) is 1.01. The van der Waals surface area contributed by atoms with Crippen LogP contribution in [0.4, 0.5) is 10.3 Å². The Bertz CT molecular complexity index is 1100. The molecule has 1 aliphatic heterocycles. The van der Waals surface area contributed by atoms with E-state index < -0.39 is 5.82 Å². The molecule has 9 heteroatoms. The van der Waals surface area contributed by atoms with Gasteiger partial charge in [-0.3, -0.25) is 9.36 Å². The van der Waals surface area contributed by atoms with Crippen LogP contribution in [0, 0.1) is 5.82 Å². The Labute approximate surface area is 190 Å². The third kappa shape index (κ3) is 4.57. The van der Waals surface area contributed by atoms with Crippen molar-refractivity contribution in [2.75, 3.05) is 38.0 Å². The first-order valence-electron chi connectivity index (χ1n) is 10.5.